The molecule has 5 nitrogen and oxygen atoms in total. The molecule has 2 heterocycles. The van der Waals surface area contributed by atoms with E-state index in [9.17, 15) is 9.59 Å². The summed E-state index contributed by atoms with van der Waals surface area (Å²) in [5.74, 6) is 1.01. The molecule has 0 radical (unpaired) electrons. The first kappa shape index (κ1) is 24.3. The van der Waals surface area contributed by atoms with Crippen molar-refractivity contribution in [3.63, 3.8) is 0 Å². The van der Waals surface area contributed by atoms with Crippen LogP contribution in [0.5, 0.6) is 5.75 Å². The predicted molar refractivity (Wildman–Crippen MR) is 146 cm³/mol. The van der Waals surface area contributed by atoms with Crippen molar-refractivity contribution < 1.29 is 13.9 Å². The number of hydrogen-bond donors (Lipinski definition) is 0. The Kier molecular flexibility index (Phi) is 6.71. The molecule has 1 aliphatic heterocycles. The SMILES string of the molecule is CCc1ccc(N2C(=O)c3oc4ccc(Br)cc4c(=O)c3C2c2cccc(OCCC(C)C)c2)cc1. The maximum Gasteiger partial charge on any atom is 0.295 e. The van der Waals surface area contributed by atoms with Gasteiger partial charge in [0.2, 0.25) is 5.76 Å². The minimum absolute atomic E-state index is 0.0884. The number of rotatable bonds is 7. The van der Waals surface area contributed by atoms with E-state index >= 15 is 0 Å². The molecule has 5 rings (SSSR count). The molecule has 1 aromatic heterocycles. The highest BCUT2D eigenvalue weighted by molar-refractivity contribution is 9.10. The summed E-state index contributed by atoms with van der Waals surface area (Å²) in [5, 5.41) is 0.438. The number of ether oxygens (including phenoxy) is 1. The van der Waals surface area contributed by atoms with Crippen LogP contribution in [0.25, 0.3) is 11.0 Å². The first-order chi connectivity index (χ1) is 17.4. The average Bonchev–Trinajstić information content (AvgIpc) is 3.17. The highest BCUT2D eigenvalue weighted by atomic mass is 79.9. The summed E-state index contributed by atoms with van der Waals surface area (Å²) in [6, 6.07) is 20.2. The Balaban J connectivity index is 1.67. The van der Waals surface area contributed by atoms with E-state index in [0.717, 1.165) is 22.9 Å². The van der Waals surface area contributed by atoms with Crippen molar-refractivity contribution in [1.29, 1.82) is 0 Å². The van der Waals surface area contributed by atoms with Crippen molar-refractivity contribution in [2.45, 2.75) is 39.7 Å². The normalized spacial score (nSPS) is 15.1. The van der Waals surface area contributed by atoms with Gasteiger partial charge in [-0.1, -0.05) is 61.0 Å². The summed E-state index contributed by atoms with van der Waals surface area (Å²) in [5.41, 5.74) is 3.22. The third kappa shape index (κ3) is 4.46. The summed E-state index contributed by atoms with van der Waals surface area (Å²) in [6.45, 7) is 7.00. The third-order valence-corrected chi connectivity index (χ3v) is 7.09. The quantitative estimate of drug-likeness (QED) is 0.244. The van der Waals surface area contributed by atoms with E-state index in [4.69, 9.17) is 9.15 Å². The van der Waals surface area contributed by atoms with Gasteiger partial charge >= 0.3 is 0 Å². The van der Waals surface area contributed by atoms with Crippen LogP contribution in [0.15, 0.2) is 80.4 Å². The standard InChI is InChI=1S/C30H28BrNO4/c1-4-19-8-11-22(12-9-19)32-27(20-6-5-7-23(16-20)35-15-14-18(2)3)26-28(33)24-17-21(31)10-13-25(24)36-29(26)30(32)34/h5-13,16-18,27H,4,14-15H2,1-3H3. The summed E-state index contributed by atoms with van der Waals surface area (Å²) < 4.78 is 12.9. The fourth-order valence-corrected chi connectivity index (χ4v) is 4.97. The number of fused-ring (bicyclic) bond motifs is 2. The number of halogens is 1. The van der Waals surface area contributed by atoms with Gasteiger partial charge in [-0.05, 0) is 72.4 Å². The number of anilines is 1. The molecular weight excluding hydrogens is 518 g/mol. The van der Waals surface area contributed by atoms with E-state index in [-0.39, 0.29) is 17.1 Å². The molecule has 0 bridgehead atoms. The zero-order chi connectivity index (χ0) is 25.4. The minimum atomic E-state index is -0.631. The van der Waals surface area contributed by atoms with Crippen molar-refractivity contribution >= 4 is 38.5 Å². The Bertz CT molecular complexity index is 1490. The molecule has 184 valence electrons. The van der Waals surface area contributed by atoms with Gasteiger partial charge in [0.05, 0.1) is 23.6 Å². The average molecular weight is 546 g/mol. The minimum Gasteiger partial charge on any atom is -0.494 e. The number of carbonyl (C=O) groups excluding carboxylic acids is 1. The van der Waals surface area contributed by atoms with Crippen LogP contribution >= 0.6 is 15.9 Å². The van der Waals surface area contributed by atoms with Crippen LogP contribution in [0.3, 0.4) is 0 Å². The summed E-state index contributed by atoms with van der Waals surface area (Å²) in [6.07, 6.45) is 1.84. The molecule has 1 atom stereocenters. The highest BCUT2D eigenvalue weighted by Gasteiger charge is 2.43. The van der Waals surface area contributed by atoms with E-state index in [1.807, 2.05) is 48.5 Å². The van der Waals surface area contributed by atoms with Crippen LogP contribution in [-0.4, -0.2) is 12.5 Å². The second-order valence-corrected chi connectivity index (χ2v) is 10.4. The number of amides is 1. The van der Waals surface area contributed by atoms with Crippen LogP contribution in [-0.2, 0) is 6.42 Å². The monoisotopic (exact) mass is 545 g/mol. The molecule has 0 saturated heterocycles. The van der Waals surface area contributed by atoms with Crippen molar-refractivity contribution in [2.75, 3.05) is 11.5 Å². The van der Waals surface area contributed by atoms with Gasteiger partial charge < -0.3 is 9.15 Å². The Morgan fingerprint density at radius 3 is 2.53 bits per heavy atom. The van der Waals surface area contributed by atoms with Gasteiger partial charge in [0.25, 0.3) is 5.91 Å². The lowest BCUT2D eigenvalue weighted by Gasteiger charge is -2.26. The first-order valence-corrected chi connectivity index (χ1v) is 13.1. The molecular formula is C30H28BrNO4. The number of aryl methyl sites for hydroxylation is 1. The largest absolute Gasteiger partial charge is 0.494 e. The van der Waals surface area contributed by atoms with Crippen LogP contribution in [0.4, 0.5) is 5.69 Å². The molecule has 1 amide bonds. The van der Waals surface area contributed by atoms with Crippen LogP contribution in [0.2, 0.25) is 0 Å². The Hall–Kier alpha value is -3.38. The Morgan fingerprint density at radius 1 is 1.03 bits per heavy atom. The lowest BCUT2D eigenvalue weighted by atomic mass is 9.98. The maximum absolute atomic E-state index is 13.8. The maximum atomic E-state index is 13.8. The fourth-order valence-electron chi connectivity index (χ4n) is 4.61. The first-order valence-electron chi connectivity index (χ1n) is 12.3. The van der Waals surface area contributed by atoms with Gasteiger partial charge in [-0.2, -0.15) is 0 Å². The van der Waals surface area contributed by atoms with Gasteiger partial charge in [-0.25, -0.2) is 0 Å². The van der Waals surface area contributed by atoms with Gasteiger partial charge in [-0.15, -0.1) is 0 Å². The summed E-state index contributed by atoms with van der Waals surface area (Å²) in [7, 11) is 0. The topological polar surface area (TPSA) is 59.8 Å². The highest BCUT2D eigenvalue weighted by Crippen LogP contribution is 2.42. The van der Waals surface area contributed by atoms with E-state index < -0.39 is 6.04 Å². The molecule has 0 spiro atoms. The van der Waals surface area contributed by atoms with E-state index in [0.29, 0.717) is 40.5 Å². The van der Waals surface area contributed by atoms with E-state index in [2.05, 4.69) is 36.7 Å². The molecule has 0 saturated carbocycles. The van der Waals surface area contributed by atoms with Crippen molar-refractivity contribution in [1.82, 2.24) is 0 Å². The van der Waals surface area contributed by atoms with Crippen LogP contribution < -0.4 is 15.1 Å². The van der Waals surface area contributed by atoms with E-state index in [1.54, 1.807) is 23.1 Å². The molecule has 3 aromatic carbocycles. The number of nitrogens with zero attached hydrogens (tertiary/aromatic N) is 1. The third-order valence-electron chi connectivity index (χ3n) is 6.59. The lowest BCUT2D eigenvalue weighted by molar-refractivity contribution is 0.0971. The Morgan fingerprint density at radius 2 is 1.81 bits per heavy atom. The molecule has 6 heteroatoms. The lowest BCUT2D eigenvalue weighted by Crippen LogP contribution is -2.29. The van der Waals surface area contributed by atoms with Crippen LogP contribution in [0, 0.1) is 5.92 Å². The summed E-state index contributed by atoms with van der Waals surface area (Å²) in [4.78, 5) is 29.3. The van der Waals surface area contributed by atoms with Gasteiger partial charge in [0.15, 0.2) is 5.43 Å². The van der Waals surface area contributed by atoms with Gasteiger partial charge in [0, 0.05) is 10.2 Å². The van der Waals surface area contributed by atoms with Crippen molar-refractivity contribution in [3.8, 4) is 5.75 Å². The van der Waals surface area contributed by atoms with Gasteiger partial charge in [0.1, 0.15) is 11.3 Å². The summed E-state index contributed by atoms with van der Waals surface area (Å²) >= 11 is 3.45. The van der Waals surface area contributed by atoms with Crippen molar-refractivity contribution in [3.05, 3.63) is 104 Å². The van der Waals surface area contributed by atoms with Crippen molar-refractivity contribution in [2.24, 2.45) is 5.92 Å². The number of benzene rings is 3. The van der Waals surface area contributed by atoms with E-state index in [1.165, 1.54) is 5.56 Å². The predicted octanol–water partition coefficient (Wildman–Crippen LogP) is 7.29. The second kappa shape index (κ2) is 9.94. The molecule has 4 aromatic rings. The van der Waals surface area contributed by atoms with Gasteiger partial charge in [-0.3, -0.25) is 14.5 Å². The smallest absolute Gasteiger partial charge is 0.295 e. The number of hydrogen-bond acceptors (Lipinski definition) is 4. The zero-order valence-corrected chi connectivity index (χ0v) is 22.2. The Labute approximate surface area is 218 Å². The number of carbonyl (C=O) groups is 1. The molecule has 0 N–H and O–H groups in total. The van der Waals surface area contributed by atoms with Crippen LogP contribution in [0.1, 0.15) is 60.5 Å². The molecule has 36 heavy (non-hydrogen) atoms. The molecule has 0 fully saturated rings. The zero-order valence-electron chi connectivity index (χ0n) is 20.6. The molecule has 0 aliphatic carbocycles. The molecule has 1 aliphatic rings. The fraction of sp³-hybridized carbons (Fsp3) is 0.267. The second-order valence-electron chi connectivity index (χ2n) is 9.52. The molecule has 1 unspecified atom stereocenters.